The van der Waals surface area contributed by atoms with Gasteiger partial charge in [0, 0.05) is 44.3 Å². The Kier molecular flexibility index (Phi) is 5.40. The lowest BCUT2D eigenvalue weighted by atomic mass is 9.55. The summed E-state index contributed by atoms with van der Waals surface area (Å²) in [6.45, 7) is 16.1. The molecule has 5 rings (SSSR count). The Labute approximate surface area is 187 Å². The molecule has 168 valence electrons. The van der Waals surface area contributed by atoms with Gasteiger partial charge in [0.05, 0.1) is 5.92 Å². The van der Waals surface area contributed by atoms with E-state index in [1.54, 1.807) is 0 Å². The molecule has 0 bridgehead atoms. The zero-order valence-corrected chi connectivity index (χ0v) is 19.5. The minimum atomic E-state index is 0.0388. The van der Waals surface area contributed by atoms with Gasteiger partial charge in [-0.3, -0.25) is 9.69 Å². The first-order chi connectivity index (χ1) is 14.8. The van der Waals surface area contributed by atoms with Crippen LogP contribution in [0.4, 0.5) is 5.69 Å². The molecule has 4 heteroatoms. The maximum atomic E-state index is 12.9. The third kappa shape index (κ3) is 3.82. The fourth-order valence-corrected chi connectivity index (χ4v) is 7.07. The lowest BCUT2D eigenvalue weighted by Gasteiger charge is -2.50. The molecule has 1 aromatic carbocycles. The molecule has 2 aliphatic heterocycles. The van der Waals surface area contributed by atoms with E-state index in [2.05, 4.69) is 55.3 Å². The molecule has 2 heterocycles. The molecule has 0 spiro atoms. The predicted molar refractivity (Wildman–Crippen MR) is 125 cm³/mol. The molecule has 0 amide bonds. The monoisotopic (exact) mass is 422 g/mol. The van der Waals surface area contributed by atoms with E-state index in [9.17, 15) is 4.79 Å². The largest absolute Gasteiger partial charge is 0.462 e. The fourth-order valence-electron chi connectivity index (χ4n) is 7.07. The maximum Gasteiger partial charge on any atom is 0.310 e. The average Bonchev–Trinajstić information content (AvgIpc) is 3.01. The van der Waals surface area contributed by atoms with Gasteiger partial charge >= 0.3 is 5.97 Å². The van der Waals surface area contributed by atoms with Crippen LogP contribution < -0.4 is 4.90 Å². The van der Waals surface area contributed by atoms with Gasteiger partial charge in [0.25, 0.3) is 0 Å². The fraction of sp³-hybridized carbons (Fsp3) is 0.667. The lowest BCUT2D eigenvalue weighted by molar-refractivity contribution is -0.146. The summed E-state index contributed by atoms with van der Waals surface area (Å²) in [6, 6.07) is 6.74. The van der Waals surface area contributed by atoms with Gasteiger partial charge < -0.3 is 9.64 Å². The van der Waals surface area contributed by atoms with Gasteiger partial charge in [-0.2, -0.15) is 0 Å². The molecule has 1 aromatic rings. The van der Waals surface area contributed by atoms with Crippen LogP contribution in [0.25, 0.3) is 0 Å². The molecule has 0 N–H and O–H groups in total. The van der Waals surface area contributed by atoms with E-state index >= 15 is 0 Å². The van der Waals surface area contributed by atoms with Crippen LogP contribution in [-0.4, -0.2) is 49.7 Å². The van der Waals surface area contributed by atoms with Gasteiger partial charge in [-0.25, -0.2) is 0 Å². The van der Waals surface area contributed by atoms with E-state index in [4.69, 9.17) is 4.74 Å². The number of allylic oxidation sites excluding steroid dienone is 1. The number of benzene rings is 1. The molecule has 5 unspecified atom stereocenters. The van der Waals surface area contributed by atoms with Crippen molar-refractivity contribution >= 4 is 11.7 Å². The Morgan fingerprint density at radius 2 is 1.97 bits per heavy atom. The van der Waals surface area contributed by atoms with Crippen LogP contribution in [0.15, 0.2) is 30.4 Å². The Bertz CT molecular complexity index is 872. The number of hydrogen-bond donors (Lipinski definition) is 0. The van der Waals surface area contributed by atoms with Crippen molar-refractivity contribution in [2.24, 2.45) is 23.2 Å². The highest BCUT2D eigenvalue weighted by molar-refractivity contribution is 5.75. The van der Waals surface area contributed by atoms with E-state index in [1.165, 1.54) is 35.2 Å². The summed E-state index contributed by atoms with van der Waals surface area (Å²) in [5, 5.41) is 0. The summed E-state index contributed by atoms with van der Waals surface area (Å²) >= 11 is 0. The van der Waals surface area contributed by atoms with Gasteiger partial charge in [-0.05, 0) is 68.9 Å². The first-order valence-corrected chi connectivity index (χ1v) is 12.3. The Morgan fingerprint density at radius 3 is 2.71 bits per heavy atom. The van der Waals surface area contributed by atoms with Gasteiger partial charge in [0.2, 0.25) is 0 Å². The van der Waals surface area contributed by atoms with Crippen molar-refractivity contribution in [3.8, 4) is 0 Å². The van der Waals surface area contributed by atoms with Gasteiger partial charge in [0.1, 0.15) is 6.10 Å². The topological polar surface area (TPSA) is 32.8 Å². The second-order valence-electron chi connectivity index (χ2n) is 11.0. The average molecular weight is 423 g/mol. The molecule has 0 aromatic heterocycles. The number of piperazine rings is 1. The maximum absolute atomic E-state index is 12.9. The highest BCUT2D eigenvalue weighted by atomic mass is 16.6. The SMILES string of the molecule is C=C1CCCC2(C)CC3OC(=O)C(CN4CCN(c5ccc(C)cc5C)CC4)C3CC12. The minimum absolute atomic E-state index is 0.0388. The predicted octanol–water partition coefficient (Wildman–Crippen LogP) is 4.74. The van der Waals surface area contributed by atoms with Crippen LogP contribution >= 0.6 is 0 Å². The highest BCUT2D eigenvalue weighted by Gasteiger charge is 2.55. The number of hydrogen-bond acceptors (Lipinski definition) is 4. The Balaban J connectivity index is 1.23. The van der Waals surface area contributed by atoms with Gasteiger partial charge in [-0.15, -0.1) is 0 Å². The number of esters is 1. The van der Waals surface area contributed by atoms with Crippen LogP contribution in [0, 0.1) is 37.0 Å². The molecule has 2 saturated heterocycles. The van der Waals surface area contributed by atoms with Crippen LogP contribution in [0.1, 0.15) is 50.2 Å². The third-order valence-corrected chi connectivity index (χ3v) is 8.84. The van der Waals surface area contributed by atoms with E-state index in [0.29, 0.717) is 11.8 Å². The number of carbonyl (C=O) groups is 1. The van der Waals surface area contributed by atoms with Crippen molar-refractivity contribution in [1.29, 1.82) is 0 Å². The third-order valence-electron chi connectivity index (χ3n) is 8.84. The summed E-state index contributed by atoms with van der Waals surface area (Å²) in [5.41, 5.74) is 5.73. The second-order valence-corrected chi connectivity index (χ2v) is 11.0. The summed E-state index contributed by atoms with van der Waals surface area (Å²) in [6.07, 6.45) is 5.91. The highest BCUT2D eigenvalue weighted by Crippen LogP contribution is 2.56. The molecule has 4 nitrogen and oxygen atoms in total. The minimum Gasteiger partial charge on any atom is -0.462 e. The number of nitrogens with zero attached hydrogens (tertiary/aromatic N) is 2. The molecule has 31 heavy (non-hydrogen) atoms. The van der Waals surface area contributed by atoms with Gasteiger partial charge in [0.15, 0.2) is 0 Å². The Morgan fingerprint density at radius 1 is 1.19 bits per heavy atom. The lowest BCUT2D eigenvalue weighted by Crippen LogP contribution is -2.50. The second kappa shape index (κ2) is 7.95. The smallest absolute Gasteiger partial charge is 0.310 e. The number of carbonyl (C=O) groups excluding carboxylic acids is 1. The van der Waals surface area contributed by atoms with E-state index in [0.717, 1.165) is 52.0 Å². The summed E-state index contributed by atoms with van der Waals surface area (Å²) in [5.74, 6) is 1.04. The van der Waals surface area contributed by atoms with Crippen molar-refractivity contribution in [1.82, 2.24) is 4.90 Å². The molecule has 2 aliphatic carbocycles. The molecule has 0 radical (unpaired) electrons. The zero-order chi connectivity index (χ0) is 21.8. The first kappa shape index (κ1) is 21.1. The Hall–Kier alpha value is -1.81. The number of fused-ring (bicyclic) bond motifs is 2. The number of ether oxygens (including phenoxy) is 1. The summed E-state index contributed by atoms with van der Waals surface area (Å²) < 4.78 is 5.98. The van der Waals surface area contributed by atoms with E-state index < -0.39 is 0 Å². The summed E-state index contributed by atoms with van der Waals surface area (Å²) in [7, 11) is 0. The zero-order valence-electron chi connectivity index (χ0n) is 19.5. The normalized spacial score (nSPS) is 36.2. The van der Waals surface area contributed by atoms with Crippen molar-refractivity contribution < 1.29 is 9.53 Å². The van der Waals surface area contributed by atoms with Crippen LogP contribution in [-0.2, 0) is 9.53 Å². The molecule has 4 fully saturated rings. The summed E-state index contributed by atoms with van der Waals surface area (Å²) in [4.78, 5) is 17.9. The van der Waals surface area contributed by atoms with Gasteiger partial charge in [-0.1, -0.05) is 36.8 Å². The van der Waals surface area contributed by atoms with E-state index in [1.807, 2.05) is 0 Å². The van der Waals surface area contributed by atoms with Crippen LogP contribution in [0.5, 0.6) is 0 Å². The number of rotatable bonds is 3. The first-order valence-electron chi connectivity index (χ1n) is 12.3. The van der Waals surface area contributed by atoms with Crippen molar-refractivity contribution in [2.45, 2.75) is 59.0 Å². The standard InChI is InChI=1S/C27H38N2O2/c1-18-7-8-24(20(3)14-18)29-12-10-28(11-13-29)17-22-21-15-23-19(2)6-5-9-27(23,4)16-25(21)31-26(22)30/h7-8,14,21-23,25H,2,5-6,9-13,15-17H2,1,3-4H3. The molecule has 4 aliphatic rings. The molecule has 5 atom stereocenters. The van der Waals surface area contributed by atoms with Crippen LogP contribution in [0.2, 0.25) is 0 Å². The number of aryl methyl sites for hydroxylation is 2. The van der Waals surface area contributed by atoms with Crippen molar-refractivity contribution in [3.05, 3.63) is 41.5 Å². The molecular weight excluding hydrogens is 384 g/mol. The van der Waals surface area contributed by atoms with Crippen LogP contribution in [0.3, 0.4) is 0 Å². The number of anilines is 1. The quantitative estimate of drug-likeness (QED) is 0.520. The van der Waals surface area contributed by atoms with Crippen molar-refractivity contribution in [3.63, 3.8) is 0 Å². The van der Waals surface area contributed by atoms with E-state index in [-0.39, 0.29) is 23.4 Å². The molecule has 2 saturated carbocycles. The van der Waals surface area contributed by atoms with Crippen molar-refractivity contribution in [2.75, 3.05) is 37.6 Å². The molecular formula is C27H38N2O2.